The molecule has 2 N–H and O–H groups in total. The van der Waals surface area contributed by atoms with Crippen molar-refractivity contribution in [3.63, 3.8) is 0 Å². The Kier molecular flexibility index (Phi) is 6.83. The van der Waals surface area contributed by atoms with E-state index in [-0.39, 0.29) is 24.1 Å². The summed E-state index contributed by atoms with van der Waals surface area (Å²) in [6.45, 7) is -1.48. The Labute approximate surface area is 130 Å². The number of halogens is 5. The van der Waals surface area contributed by atoms with Gasteiger partial charge in [0.2, 0.25) is 0 Å². The molecule has 1 aromatic carbocycles. The number of hydrogen-bond donors (Lipinski definition) is 1. The van der Waals surface area contributed by atoms with Crippen molar-refractivity contribution in [1.29, 1.82) is 0 Å². The van der Waals surface area contributed by atoms with Crippen molar-refractivity contribution in [3.05, 3.63) is 41.5 Å². The smallest absolute Gasteiger partial charge is 0.321 e. The molecular formula is C15H17F5N2O. The summed E-state index contributed by atoms with van der Waals surface area (Å²) in [6, 6.07) is 2.56. The first kappa shape index (κ1) is 19.2. The Morgan fingerprint density at radius 3 is 2.57 bits per heavy atom. The molecule has 0 aromatic heterocycles. The van der Waals surface area contributed by atoms with Gasteiger partial charge < -0.3 is 10.5 Å². The Hall–Kier alpha value is -1.80. The number of carbonyl (C=O) groups excluding carboxylic acids is 1. The Bertz CT molecular complexity index is 571. The predicted molar refractivity (Wildman–Crippen MR) is 76.5 cm³/mol. The topological polar surface area (TPSA) is 46.3 Å². The molecule has 0 bridgehead atoms. The third kappa shape index (κ3) is 6.45. The SMILES string of the molecule is CN(C/C(=C\CC(N)C=O)c1cccc(F)c1F)CC(F)(F)F. The second-order valence-corrected chi connectivity index (χ2v) is 5.15. The molecule has 1 unspecified atom stereocenters. The molecule has 23 heavy (non-hydrogen) atoms. The number of aldehydes is 1. The normalized spacial score (nSPS) is 14.2. The van der Waals surface area contributed by atoms with Crippen LogP contribution in [0.25, 0.3) is 5.57 Å². The minimum atomic E-state index is -4.42. The van der Waals surface area contributed by atoms with Crippen molar-refractivity contribution in [2.45, 2.75) is 18.6 Å². The third-order valence-electron chi connectivity index (χ3n) is 3.00. The second kappa shape index (κ2) is 8.16. The van der Waals surface area contributed by atoms with Crippen LogP contribution in [0.4, 0.5) is 22.0 Å². The number of nitrogens with two attached hydrogens (primary N) is 1. The van der Waals surface area contributed by atoms with E-state index in [0.29, 0.717) is 6.29 Å². The number of rotatable bonds is 7. The molecule has 1 atom stereocenters. The maximum atomic E-state index is 13.9. The van der Waals surface area contributed by atoms with E-state index in [0.717, 1.165) is 11.0 Å². The molecule has 0 saturated heterocycles. The fraction of sp³-hybridized carbons (Fsp3) is 0.400. The van der Waals surface area contributed by atoms with Gasteiger partial charge in [-0.2, -0.15) is 13.2 Å². The number of benzene rings is 1. The highest BCUT2D eigenvalue weighted by Gasteiger charge is 2.29. The molecule has 128 valence electrons. The van der Waals surface area contributed by atoms with E-state index in [1.807, 2.05) is 0 Å². The molecular weight excluding hydrogens is 319 g/mol. The van der Waals surface area contributed by atoms with Gasteiger partial charge in [0.05, 0.1) is 12.6 Å². The monoisotopic (exact) mass is 336 g/mol. The van der Waals surface area contributed by atoms with Gasteiger partial charge in [0.15, 0.2) is 11.6 Å². The summed E-state index contributed by atoms with van der Waals surface area (Å²) in [5, 5.41) is 0. The first-order valence-corrected chi connectivity index (χ1v) is 6.73. The van der Waals surface area contributed by atoms with Gasteiger partial charge in [-0.25, -0.2) is 8.78 Å². The third-order valence-corrected chi connectivity index (χ3v) is 3.00. The molecule has 0 radical (unpaired) electrons. The standard InChI is InChI=1S/C15H17F5N2O/c1-22(9-15(18,19)20)7-10(5-6-11(21)8-23)12-3-2-4-13(16)14(12)17/h2-5,8,11H,6-7,9,21H2,1H3/b10-5+. The summed E-state index contributed by atoms with van der Waals surface area (Å²) in [7, 11) is 1.21. The van der Waals surface area contributed by atoms with E-state index in [1.165, 1.54) is 25.3 Å². The van der Waals surface area contributed by atoms with Crippen LogP contribution in [0.2, 0.25) is 0 Å². The lowest BCUT2D eigenvalue weighted by molar-refractivity contribution is -0.141. The molecule has 0 aliphatic heterocycles. The molecule has 0 aliphatic carbocycles. The number of likely N-dealkylation sites (N-methyl/N-ethyl adjacent to an activating group) is 1. The van der Waals surface area contributed by atoms with Crippen LogP contribution in [0, 0.1) is 11.6 Å². The van der Waals surface area contributed by atoms with Crippen LogP contribution in [-0.2, 0) is 4.79 Å². The lowest BCUT2D eigenvalue weighted by Gasteiger charge is -2.21. The van der Waals surface area contributed by atoms with Crippen molar-refractivity contribution in [3.8, 4) is 0 Å². The molecule has 0 heterocycles. The summed E-state index contributed by atoms with van der Waals surface area (Å²) < 4.78 is 64.5. The van der Waals surface area contributed by atoms with Crippen LogP contribution in [0.1, 0.15) is 12.0 Å². The Balaban J connectivity index is 3.07. The van der Waals surface area contributed by atoms with Gasteiger partial charge in [0, 0.05) is 12.1 Å². The molecule has 0 saturated carbocycles. The van der Waals surface area contributed by atoms with Gasteiger partial charge in [0.1, 0.15) is 6.29 Å². The quantitative estimate of drug-likeness (QED) is 0.615. The van der Waals surface area contributed by atoms with Crippen molar-refractivity contribution in [2.24, 2.45) is 5.73 Å². The van der Waals surface area contributed by atoms with Crippen molar-refractivity contribution < 1.29 is 26.7 Å². The number of hydrogen-bond acceptors (Lipinski definition) is 3. The number of carbonyl (C=O) groups is 1. The van der Waals surface area contributed by atoms with Crippen molar-refractivity contribution in [2.75, 3.05) is 20.1 Å². The van der Waals surface area contributed by atoms with Crippen molar-refractivity contribution in [1.82, 2.24) is 4.90 Å². The number of nitrogens with zero attached hydrogens (tertiary/aromatic N) is 1. The molecule has 8 heteroatoms. The highest BCUT2D eigenvalue weighted by Crippen LogP contribution is 2.23. The van der Waals surface area contributed by atoms with Crippen LogP contribution in [0.5, 0.6) is 0 Å². The summed E-state index contributed by atoms with van der Waals surface area (Å²) in [6.07, 6.45) is -2.59. The summed E-state index contributed by atoms with van der Waals surface area (Å²) in [4.78, 5) is 11.5. The highest BCUT2D eigenvalue weighted by atomic mass is 19.4. The van der Waals surface area contributed by atoms with Gasteiger partial charge in [-0.05, 0) is 25.1 Å². The lowest BCUT2D eigenvalue weighted by atomic mass is 10.0. The first-order valence-electron chi connectivity index (χ1n) is 6.73. The van der Waals surface area contributed by atoms with Crippen LogP contribution in [-0.4, -0.2) is 43.5 Å². The van der Waals surface area contributed by atoms with Crippen LogP contribution in [0.3, 0.4) is 0 Å². The van der Waals surface area contributed by atoms with Crippen LogP contribution < -0.4 is 5.73 Å². The van der Waals surface area contributed by atoms with E-state index in [1.54, 1.807) is 0 Å². The van der Waals surface area contributed by atoms with Gasteiger partial charge in [0.25, 0.3) is 0 Å². The van der Waals surface area contributed by atoms with E-state index >= 15 is 0 Å². The largest absolute Gasteiger partial charge is 0.401 e. The average molecular weight is 336 g/mol. The molecule has 3 nitrogen and oxygen atoms in total. The summed E-state index contributed by atoms with van der Waals surface area (Å²) in [5.74, 6) is -2.26. The molecule has 1 aromatic rings. The average Bonchev–Trinajstić information content (AvgIpc) is 2.44. The minimum Gasteiger partial charge on any atom is -0.321 e. The molecule has 0 fully saturated rings. The van der Waals surface area contributed by atoms with Crippen molar-refractivity contribution >= 4 is 11.9 Å². The fourth-order valence-corrected chi connectivity index (χ4v) is 2.00. The number of alkyl halides is 3. The zero-order valence-electron chi connectivity index (χ0n) is 12.4. The molecule has 0 spiro atoms. The minimum absolute atomic E-state index is 0.00858. The van der Waals surface area contributed by atoms with E-state index in [4.69, 9.17) is 5.73 Å². The predicted octanol–water partition coefficient (Wildman–Crippen LogP) is 2.76. The van der Waals surface area contributed by atoms with Gasteiger partial charge in [-0.3, -0.25) is 4.90 Å². The Morgan fingerprint density at radius 1 is 1.35 bits per heavy atom. The van der Waals surface area contributed by atoms with Gasteiger partial charge >= 0.3 is 6.18 Å². The van der Waals surface area contributed by atoms with Crippen LogP contribution >= 0.6 is 0 Å². The van der Waals surface area contributed by atoms with E-state index in [9.17, 15) is 26.7 Å². The zero-order valence-corrected chi connectivity index (χ0v) is 12.4. The fourth-order valence-electron chi connectivity index (χ4n) is 2.00. The van der Waals surface area contributed by atoms with Gasteiger partial charge in [-0.15, -0.1) is 0 Å². The zero-order chi connectivity index (χ0) is 17.6. The maximum Gasteiger partial charge on any atom is 0.401 e. The van der Waals surface area contributed by atoms with E-state index < -0.39 is 30.4 Å². The van der Waals surface area contributed by atoms with Crippen LogP contribution in [0.15, 0.2) is 24.3 Å². The van der Waals surface area contributed by atoms with Gasteiger partial charge in [-0.1, -0.05) is 18.2 Å². The first-order chi connectivity index (χ1) is 10.6. The Morgan fingerprint density at radius 2 is 2.00 bits per heavy atom. The molecule has 1 rings (SSSR count). The van der Waals surface area contributed by atoms with E-state index in [2.05, 4.69) is 0 Å². The highest BCUT2D eigenvalue weighted by molar-refractivity contribution is 5.68. The summed E-state index contributed by atoms with van der Waals surface area (Å²) >= 11 is 0. The second-order valence-electron chi connectivity index (χ2n) is 5.15. The summed E-state index contributed by atoms with van der Waals surface area (Å²) in [5.41, 5.74) is 5.40. The lowest BCUT2D eigenvalue weighted by Crippen LogP contribution is -2.32. The molecule has 0 amide bonds. The molecule has 0 aliphatic rings. The maximum absolute atomic E-state index is 13.9.